The highest BCUT2D eigenvalue weighted by atomic mass is 32.2. The van der Waals surface area contributed by atoms with E-state index in [9.17, 15) is 4.79 Å². The van der Waals surface area contributed by atoms with E-state index in [4.69, 9.17) is 0 Å². The lowest BCUT2D eigenvalue weighted by atomic mass is 10.0. The van der Waals surface area contributed by atoms with Gasteiger partial charge in [0.05, 0.1) is 6.04 Å². The van der Waals surface area contributed by atoms with E-state index in [1.54, 1.807) is 11.8 Å². The molecule has 5 nitrogen and oxygen atoms in total. The number of benzene rings is 2. The number of nitrogens with zero attached hydrogens (tertiary/aromatic N) is 3. The van der Waals surface area contributed by atoms with Crippen LogP contribution in [0.2, 0.25) is 0 Å². The van der Waals surface area contributed by atoms with Crippen molar-refractivity contribution in [2.75, 3.05) is 5.75 Å². The number of nitrogens with one attached hydrogen (secondary N) is 1. The molecular weight excluding hydrogens is 344 g/mol. The Morgan fingerprint density at radius 3 is 2.38 bits per heavy atom. The van der Waals surface area contributed by atoms with Crippen LogP contribution >= 0.6 is 11.8 Å². The van der Waals surface area contributed by atoms with Gasteiger partial charge in [0.15, 0.2) is 11.0 Å². The van der Waals surface area contributed by atoms with E-state index >= 15 is 0 Å². The van der Waals surface area contributed by atoms with Gasteiger partial charge in [-0.3, -0.25) is 4.79 Å². The highest BCUT2D eigenvalue weighted by Gasteiger charge is 2.18. The lowest BCUT2D eigenvalue weighted by Gasteiger charge is -2.14. The number of amides is 1. The maximum absolute atomic E-state index is 12.5. The van der Waals surface area contributed by atoms with Gasteiger partial charge in [-0.05, 0) is 35.9 Å². The van der Waals surface area contributed by atoms with Crippen LogP contribution in [0, 0.1) is 0 Å². The van der Waals surface area contributed by atoms with Crippen molar-refractivity contribution in [2.45, 2.75) is 25.0 Å². The topological polar surface area (TPSA) is 59.8 Å². The second-order valence-corrected chi connectivity index (χ2v) is 7.20. The Morgan fingerprint density at radius 2 is 1.73 bits per heavy atom. The number of rotatable bonds is 6. The molecule has 1 unspecified atom stereocenters. The fourth-order valence-electron chi connectivity index (χ4n) is 2.75. The van der Waals surface area contributed by atoms with Crippen LogP contribution < -0.4 is 5.32 Å². The van der Waals surface area contributed by atoms with E-state index in [-0.39, 0.29) is 11.9 Å². The first kappa shape index (κ1) is 18.2. The predicted molar refractivity (Wildman–Crippen MR) is 105 cm³/mol. The molecule has 0 aliphatic carbocycles. The van der Waals surface area contributed by atoms with Gasteiger partial charge in [0.25, 0.3) is 5.91 Å². The zero-order valence-electron chi connectivity index (χ0n) is 15.1. The molecule has 2 aromatic carbocycles. The third-order valence-corrected chi connectivity index (χ3v) is 5.03. The zero-order chi connectivity index (χ0) is 18.5. The molecule has 0 saturated heterocycles. The summed E-state index contributed by atoms with van der Waals surface area (Å²) in [5.74, 6) is 1.56. The van der Waals surface area contributed by atoms with Gasteiger partial charge in [-0.15, -0.1) is 10.2 Å². The van der Waals surface area contributed by atoms with Crippen molar-refractivity contribution in [3.05, 3.63) is 66.0 Å². The molecule has 3 rings (SSSR count). The minimum absolute atomic E-state index is 0.121. The molecule has 6 heteroatoms. The third kappa shape index (κ3) is 3.96. The number of carbonyl (C=O) groups excluding carboxylic acids is 1. The Balaban J connectivity index is 1.70. The normalized spacial score (nSPS) is 12.0. The SMILES string of the molecule is CCSc1nnc(C(C)NC(=O)c2ccc(-c3ccccc3)cc2)n1C. The largest absolute Gasteiger partial charge is 0.342 e. The van der Waals surface area contributed by atoms with Gasteiger partial charge in [0.2, 0.25) is 0 Å². The molecule has 0 saturated carbocycles. The first-order valence-electron chi connectivity index (χ1n) is 8.58. The Morgan fingerprint density at radius 1 is 1.08 bits per heavy atom. The summed E-state index contributed by atoms with van der Waals surface area (Å²) in [5, 5.41) is 12.2. The average Bonchev–Trinajstić information content (AvgIpc) is 3.03. The summed E-state index contributed by atoms with van der Waals surface area (Å²) in [5.41, 5.74) is 2.85. The van der Waals surface area contributed by atoms with Crippen molar-refractivity contribution in [3.8, 4) is 11.1 Å². The minimum Gasteiger partial charge on any atom is -0.342 e. The molecule has 0 aliphatic rings. The quantitative estimate of drug-likeness (QED) is 0.668. The lowest BCUT2D eigenvalue weighted by molar-refractivity contribution is 0.0937. The number of hydrogen-bond acceptors (Lipinski definition) is 4. The summed E-state index contributed by atoms with van der Waals surface area (Å²) in [6, 6.07) is 17.5. The van der Waals surface area contributed by atoms with Crippen LogP contribution in [-0.4, -0.2) is 26.4 Å². The van der Waals surface area contributed by atoms with Crippen molar-refractivity contribution < 1.29 is 4.79 Å². The maximum atomic E-state index is 12.5. The molecule has 0 fully saturated rings. The number of thioether (sulfide) groups is 1. The average molecular weight is 366 g/mol. The Bertz CT molecular complexity index is 875. The van der Waals surface area contributed by atoms with Crippen molar-refractivity contribution >= 4 is 17.7 Å². The summed E-state index contributed by atoms with van der Waals surface area (Å²) in [4.78, 5) is 12.5. The van der Waals surface area contributed by atoms with E-state index in [2.05, 4.69) is 34.6 Å². The van der Waals surface area contributed by atoms with Crippen molar-refractivity contribution in [3.63, 3.8) is 0 Å². The summed E-state index contributed by atoms with van der Waals surface area (Å²) >= 11 is 1.63. The molecule has 1 N–H and O–H groups in total. The van der Waals surface area contributed by atoms with Gasteiger partial charge in [-0.2, -0.15) is 0 Å². The second kappa shape index (κ2) is 8.19. The van der Waals surface area contributed by atoms with Gasteiger partial charge in [-0.1, -0.05) is 61.2 Å². The van der Waals surface area contributed by atoms with Crippen molar-refractivity contribution in [1.29, 1.82) is 0 Å². The van der Waals surface area contributed by atoms with Crippen molar-refractivity contribution in [1.82, 2.24) is 20.1 Å². The molecule has 1 amide bonds. The standard InChI is InChI=1S/C20H22N4OS/c1-4-26-20-23-22-18(24(20)3)14(2)21-19(25)17-12-10-16(11-13-17)15-8-6-5-7-9-15/h5-14H,4H2,1-3H3,(H,21,25). The van der Waals surface area contributed by atoms with Crippen LogP contribution in [0.3, 0.4) is 0 Å². The molecule has 1 aromatic heterocycles. The second-order valence-electron chi connectivity index (χ2n) is 5.97. The zero-order valence-corrected chi connectivity index (χ0v) is 16.0. The summed E-state index contributed by atoms with van der Waals surface area (Å²) in [7, 11) is 1.92. The Hall–Kier alpha value is -2.60. The molecule has 1 heterocycles. The van der Waals surface area contributed by atoms with E-state index in [0.29, 0.717) is 5.56 Å². The molecule has 134 valence electrons. The highest BCUT2D eigenvalue weighted by molar-refractivity contribution is 7.99. The van der Waals surface area contributed by atoms with E-state index < -0.39 is 0 Å². The fraction of sp³-hybridized carbons (Fsp3) is 0.250. The maximum Gasteiger partial charge on any atom is 0.251 e. The van der Waals surface area contributed by atoms with Crippen LogP contribution in [0.1, 0.15) is 36.1 Å². The summed E-state index contributed by atoms with van der Waals surface area (Å²) < 4.78 is 1.93. The third-order valence-electron chi connectivity index (χ3n) is 4.13. The van der Waals surface area contributed by atoms with Gasteiger partial charge in [0, 0.05) is 12.6 Å². The smallest absolute Gasteiger partial charge is 0.251 e. The fourth-order valence-corrected chi connectivity index (χ4v) is 3.39. The number of carbonyl (C=O) groups is 1. The van der Waals surface area contributed by atoms with E-state index in [1.807, 2.05) is 61.0 Å². The molecule has 0 radical (unpaired) electrons. The molecule has 3 aromatic rings. The predicted octanol–water partition coefficient (Wildman–Crippen LogP) is 4.09. The molecule has 0 spiro atoms. The number of hydrogen-bond donors (Lipinski definition) is 1. The summed E-state index contributed by atoms with van der Waals surface area (Å²) in [6.07, 6.45) is 0. The first-order valence-corrected chi connectivity index (χ1v) is 9.57. The summed E-state index contributed by atoms with van der Waals surface area (Å²) in [6.45, 7) is 3.99. The Kier molecular flexibility index (Phi) is 5.73. The highest BCUT2D eigenvalue weighted by Crippen LogP contribution is 2.21. The first-order chi connectivity index (χ1) is 12.6. The van der Waals surface area contributed by atoms with Gasteiger partial charge < -0.3 is 9.88 Å². The van der Waals surface area contributed by atoms with Crippen molar-refractivity contribution in [2.24, 2.45) is 7.05 Å². The van der Waals surface area contributed by atoms with E-state index in [0.717, 1.165) is 27.9 Å². The molecule has 0 aliphatic heterocycles. The van der Waals surface area contributed by atoms with Crippen LogP contribution in [0.5, 0.6) is 0 Å². The molecule has 0 bridgehead atoms. The van der Waals surface area contributed by atoms with Crippen LogP contribution in [0.15, 0.2) is 59.8 Å². The van der Waals surface area contributed by atoms with Crippen LogP contribution in [-0.2, 0) is 7.05 Å². The molecule has 1 atom stereocenters. The Labute approximate surface area is 157 Å². The van der Waals surface area contributed by atoms with Crippen LogP contribution in [0.4, 0.5) is 0 Å². The van der Waals surface area contributed by atoms with Gasteiger partial charge >= 0.3 is 0 Å². The minimum atomic E-state index is -0.222. The molecular formula is C20H22N4OS. The monoisotopic (exact) mass is 366 g/mol. The van der Waals surface area contributed by atoms with E-state index in [1.165, 1.54) is 0 Å². The van der Waals surface area contributed by atoms with Gasteiger partial charge in [-0.25, -0.2) is 0 Å². The molecule has 26 heavy (non-hydrogen) atoms. The van der Waals surface area contributed by atoms with Crippen LogP contribution in [0.25, 0.3) is 11.1 Å². The number of aromatic nitrogens is 3. The lowest BCUT2D eigenvalue weighted by Crippen LogP contribution is -2.28. The van der Waals surface area contributed by atoms with Gasteiger partial charge in [0.1, 0.15) is 0 Å².